The smallest absolute Gasteiger partial charge is 0.396 e. The first-order valence-corrected chi connectivity index (χ1v) is 20.5. The van der Waals surface area contributed by atoms with Gasteiger partial charge in [-0.15, -0.1) is 0 Å². The third kappa shape index (κ3) is 49.3. The molecule has 16 heteroatoms. The zero-order valence-corrected chi connectivity index (χ0v) is 34.7. The van der Waals surface area contributed by atoms with E-state index in [1.807, 2.05) is 4.90 Å². The fraction of sp³-hybridized carbons (Fsp3) is 0.818. The minimum atomic E-state index is -5.94. The molecule has 14 nitrogen and oxygen atoms in total. The van der Waals surface area contributed by atoms with Gasteiger partial charge < -0.3 is 20.6 Å². The number of oxime groups is 1. The summed E-state index contributed by atoms with van der Waals surface area (Å²) in [5.41, 5.74) is 5.02. The molecule has 0 aliphatic carbocycles. The summed E-state index contributed by atoms with van der Waals surface area (Å²) in [6.07, 6.45) is 22.6. The molecule has 282 valence electrons. The first-order chi connectivity index (χ1) is 22.6. The van der Waals surface area contributed by atoms with Gasteiger partial charge >= 0.3 is 29.6 Å². The fourth-order valence-electron chi connectivity index (χ4n) is 4.44. The van der Waals surface area contributed by atoms with Crippen molar-refractivity contribution in [3.05, 3.63) is 0 Å². The van der Waals surface area contributed by atoms with Gasteiger partial charge in [0.2, 0.25) is 5.91 Å². The first kappa shape index (κ1) is 54.9. The van der Waals surface area contributed by atoms with Gasteiger partial charge in [0, 0.05) is 33.4 Å². The second-order valence-corrected chi connectivity index (χ2v) is 13.9. The Hall–Kier alpha value is -0.890. The average molecular weight is 826 g/mol. The van der Waals surface area contributed by atoms with E-state index in [9.17, 15) is 19.2 Å². The molecule has 1 atom stereocenters. The van der Waals surface area contributed by atoms with E-state index in [1.165, 1.54) is 104 Å². The molecule has 1 aliphatic rings. The number of Topliss-reactive ketones (excluding diaryl/α,β-unsaturated/α-hetero) is 3. The number of hydrogen-bond acceptors (Lipinski definition) is 13. The Balaban J connectivity index is -0.000000461. The molecule has 1 saturated heterocycles. The largest absolute Gasteiger partial charge is 1.00 e. The van der Waals surface area contributed by atoms with Crippen molar-refractivity contribution in [3.63, 3.8) is 0 Å². The van der Waals surface area contributed by atoms with Crippen molar-refractivity contribution in [2.75, 3.05) is 26.3 Å². The van der Waals surface area contributed by atoms with Crippen molar-refractivity contribution in [2.45, 2.75) is 143 Å². The molecule has 0 radical (unpaired) electrons. The summed E-state index contributed by atoms with van der Waals surface area (Å²) in [7, 11) is 0. The fourth-order valence-corrected chi connectivity index (χ4v) is 4.44. The van der Waals surface area contributed by atoms with Crippen LogP contribution >= 0.6 is 0 Å². The van der Waals surface area contributed by atoms with E-state index < -0.39 is 31.9 Å². The zero-order valence-electron chi connectivity index (χ0n) is 30.5. The van der Waals surface area contributed by atoms with Crippen LogP contribution in [-0.2, 0) is 28.8 Å². The number of amides is 1. The summed E-state index contributed by atoms with van der Waals surface area (Å²) in [4.78, 5) is 59.0. The maximum atomic E-state index is 12.4. The maximum absolute atomic E-state index is 12.4. The number of rotatable bonds is 22. The number of ketones is 3. The predicted molar refractivity (Wildman–Crippen MR) is 172 cm³/mol. The van der Waals surface area contributed by atoms with Crippen LogP contribution in [0.15, 0.2) is 5.16 Å². The number of hydrogen-bond donors (Lipinski definition) is 2. The number of piperidine rings is 1. The molecule has 1 fully saturated rings. The molecule has 1 amide bonds. The van der Waals surface area contributed by atoms with Gasteiger partial charge in [0.1, 0.15) is 38.7 Å². The summed E-state index contributed by atoms with van der Waals surface area (Å²) < 4.78 is 34.5. The normalized spacial score (nSPS) is 13.3. The molecule has 1 unspecified atom stereocenters. The number of carbonyl (C=O) groups is 5. The number of nitrogens with zero attached hydrogens (tertiary/aromatic N) is 2. The second kappa shape index (κ2) is 38.3. The number of aliphatic hydroxyl groups is 1. The van der Waals surface area contributed by atoms with E-state index in [4.69, 9.17) is 34.2 Å². The van der Waals surface area contributed by atoms with Crippen LogP contribution in [0.3, 0.4) is 0 Å². The van der Waals surface area contributed by atoms with Crippen LogP contribution in [-0.4, -0.2) is 78.1 Å². The van der Waals surface area contributed by atoms with E-state index in [2.05, 4.69) is 12.1 Å². The van der Waals surface area contributed by atoms with Gasteiger partial charge in [-0.25, -0.2) is 0 Å². The molecular formula is C33H61IN3NaO11. The van der Waals surface area contributed by atoms with E-state index in [0.29, 0.717) is 24.9 Å². The molecule has 1 heterocycles. The van der Waals surface area contributed by atoms with Crippen molar-refractivity contribution in [1.82, 2.24) is 4.90 Å². The standard InChI is InChI=1S/C26H48N2O3.C4H9NO2.C3H4O2.IO4.Na/c1-3-4-5-6-7-8-9-10-11-12-13-14-15-16-26(30)28-20-17-25(18-21-28)19-22-31-27-23-24(2)29;1-3(7)4(5)2-6;1-3(5)2-4;2-1(3,4)5;/h23,25H,3-22H2,1-2H3;4,6H,2,5H2,1H3;2H,1H3;;/q;;;-1;+1/b27-23+;;;;. The van der Waals surface area contributed by atoms with Crippen LogP contribution in [0.1, 0.15) is 137 Å². The SMILES string of the molecule is CC(=O)C(N)CO.CC(=O)C=O.CCCCCCCCCCCCCCCC(=O)N1CCC(CCO/N=C/C(C)=O)CC1.[Na+].[O-][I+3]([O-])([O-])[O-]. The van der Waals surface area contributed by atoms with Gasteiger partial charge in [-0.3, -0.25) is 37.7 Å². The summed E-state index contributed by atoms with van der Waals surface area (Å²) in [5.74, 6) is 0.222. The number of aliphatic hydroxyl groups excluding tert-OH is 1. The first-order valence-electron chi connectivity index (χ1n) is 17.0. The van der Waals surface area contributed by atoms with Crippen LogP contribution in [0.2, 0.25) is 0 Å². The molecule has 0 aromatic carbocycles. The topological polar surface area (TPSA) is 249 Å². The Morgan fingerprint density at radius 2 is 1.27 bits per heavy atom. The number of unbranched alkanes of at least 4 members (excludes halogenated alkanes) is 12. The maximum Gasteiger partial charge on any atom is 1.00 e. The second-order valence-electron chi connectivity index (χ2n) is 11.8. The summed E-state index contributed by atoms with van der Waals surface area (Å²) in [6, 6.07) is -0.681. The predicted octanol–water partition coefficient (Wildman–Crippen LogP) is -5.39. The quantitative estimate of drug-likeness (QED) is 0.0198. The van der Waals surface area contributed by atoms with E-state index in [-0.39, 0.29) is 54.0 Å². The summed E-state index contributed by atoms with van der Waals surface area (Å²) in [5, 5.41) is 11.8. The van der Waals surface area contributed by atoms with Gasteiger partial charge in [-0.05, 0) is 38.5 Å². The Morgan fingerprint density at radius 3 is 1.59 bits per heavy atom. The molecule has 1 aliphatic heterocycles. The molecule has 3 N–H and O–H groups in total. The Morgan fingerprint density at radius 1 is 0.857 bits per heavy atom. The Bertz CT molecular complexity index is 863. The molecule has 0 spiro atoms. The van der Waals surface area contributed by atoms with Crippen molar-refractivity contribution < 1.29 is 97.3 Å². The molecular weight excluding hydrogens is 764 g/mol. The zero-order chi connectivity index (χ0) is 37.2. The molecule has 1 rings (SSSR count). The van der Waals surface area contributed by atoms with Crippen LogP contribution in [0, 0.1) is 5.92 Å². The van der Waals surface area contributed by atoms with Crippen LogP contribution < -0.4 is 69.1 Å². The molecule has 0 aromatic rings. The Labute approximate surface area is 322 Å². The minimum Gasteiger partial charge on any atom is -0.396 e. The van der Waals surface area contributed by atoms with Gasteiger partial charge in [0.05, 0.1) is 12.6 Å². The van der Waals surface area contributed by atoms with Crippen molar-refractivity contribution >= 4 is 35.8 Å². The van der Waals surface area contributed by atoms with Crippen LogP contribution in [0.4, 0.5) is 0 Å². The number of aldehydes is 1. The van der Waals surface area contributed by atoms with E-state index in [0.717, 1.165) is 38.8 Å². The van der Waals surface area contributed by atoms with Crippen molar-refractivity contribution in [1.29, 1.82) is 0 Å². The number of halogens is 1. The van der Waals surface area contributed by atoms with Gasteiger partial charge in [-0.1, -0.05) is 89.1 Å². The van der Waals surface area contributed by atoms with E-state index in [1.54, 1.807) is 0 Å². The number of carbonyl (C=O) groups excluding carboxylic acids is 5. The minimum absolute atomic E-state index is 0. The molecule has 0 bridgehead atoms. The number of nitrogens with two attached hydrogens (primary N) is 1. The third-order valence-corrected chi connectivity index (χ3v) is 7.27. The summed E-state index contributed by atoms with van der Waals surface area (Å²) >= 11 is -5.94. The average Bonchev–Trinajstić information content (AvgIpc) is 3.02. The Kier molecular flexibility index (Phi) is 42.9. The van der Waals surface area contributed by atoms with Gasteiger partial charge in [0.25, 0.3) is 0 Å². The molecule has 49 heavy (non-hydrogen) atoms. The van der Waals surface area contributed by atoms with Crippen molar-refractivity contribution in [2.24, 2.45) is 16.8 Å². The van der Waals surface area contributed by atoms with Crippen LogP contribution in [0.5, 0.6) is 0 Å². The monoisotopic (exact) mass is 825 g/mol. The molecule has 0 saturated carbocycles. The van der Waals surface area contributed by atoms with Crippen LogP contribution in [0.25, 0.3) is 0 Å². The number of likely N-dealkylation sites (tertiary alicyclic amines) is 1. The third-order valence-electron chi connectivity index (χ3n) is 7.27. The summed E-state index contributed by atoms with van der Waals surface area (Å²) in [6.45, 7) is 8.33. The van der Waals surface area contributed by atoms with Crippen molar-refractivity contribution in [3.8, 4) is 0 Å². The van der Waals surface area contributed by atoms with Gasteiger partial charge in [0.15, 0.2) is 17.9 Å². The van der Waals surface area contributed by atoms with E-state index >= 15 is 0 Å². The molecule has 0 aromatic heterocycles. The van der Waals surface area contributed by atoms with Gasteiger partial charge in [-0.2, -0.15) is 0 Å².